The minimum absolute atomic E-state index is 0.0735. The third-order valence-corrected chi connectivity index (χ3v) is 5.35. The van der Waals surface area contributed by atoms with Gasteiger partial charge in [-0.2, -0.15) is 0 Å². The summed E-state index contributed by atoms with van der Waals surface area (Å²) in [6, 6.07) is 13.3. The number of hydrogen-bond donors (Lipinski definition) is 0. The van der Waals surface area contributed by atoms with Crippen molar-refractivity contribution in [2.24, 2.45) is 0 Å². The van der Waals surface area contributed by atoms with Crippen LogP contribution in [0, 0.1) is 27.7 Å². The van der Waals surface area contributed by atoms with Crippen LogP contribution in [0.2, 0.25) is 0 Å². The molecule has 0 aromatic heterocycles. The zero-order valence-corrected chi connectivity index (χ0v) is 18.3. The third kappa shape index (κ3) is 6.82. The van der Waals surface area contributed by atoms with Crippen LogP contribution >= 0.6 is 0 Å². The molecular weight excluding hydrogens is 344 g/mol. The van der Waals surface area contributed by atoms with E-state index in [1.165, 1.54) is 46.2 Å². The number of hydrogen-bond acceptors (Lipinski definition) is 2. The number of aryl methyl sites for hydroxylation is 4. The molecule has 2 aromatic rings. The summed E-state index contributed by atoms with van der Waals surface area (Å²) in [5.41, 5.74) is 7.70. The highest BCUT2D eigenvalue weighted by atomic mass is 16.5. The van der Waals surface area contributed by atoms with Crippen molar-refractivity contribution in [3.63, 3.8) is 0 Å². The van der Waals surface area contributed by atoms with Crippen LogP contribution in [0.4, 0.5) is 0 Å². The maximum atomic E-state index is 12.3. The molecule has 28 heavy (non-hydrogen) atoms. The van der Waals surface area contributed by atoms with Gasteiger partial charge in [0.1, 0.15) is 0 Å². The second kappa shape index (κ2) is 11.0. The van der Waals surface area contributed by atoms with Crippen molar-refractivity contribution in [3.05, 3.63) is 69.8 Å². The quantitative estimate of drug-likeness (QED) is 0.329. The molecule has 0 aliphatic rings. The first kappa shape index (κ1) is 22.2. The molecule has 0 fully saturated rings. The van der Waals surface area contributed by atoms with Crippen LogP contribution < -0.4 is 0 Å². The van der Waals surface area contributed by atoms with E-state index < -0.39 is 0 Å². The average molecular weight is 381 g/mol. The fourth-order valence-electron chi connectivity index (χ4n) is 3.98. The number of ether oxygens (including phenoxy) is 1. The first-order chi connectivity index (χ1) is 13.4. The number of benzene rings is 2. The highest BCUT2D eigenvalue weighted by Gasteiger charge is 2.19. The van der Waals surface area contributed by atoms with Gasteiger partial charge in [0.25, 0.3) is 0 Å². The first-order valence-electron chi connectivity index (χ1n) is 10.7. The van der Waals surface area contributed by atoms with E-state index in [2.05, 4.69) is 71.0 Å². The topological polar surface area (TPSA) is 26.3 Å². The summed E-state index contributed by atoms with van der Waals surface area (Å²) in [5, 5.41) is 0. The predicted molar refractivity (Wildman–Crippen MR) is 118 cm³/mol. The molecular formula is C26H36O2. The standard InChI is InChI=1S/C26H36O2/c1-6-7-8-9-14-28-26(27)13-12-25(23-17-20(3)15-21(4)18-23)24-11-10-19(2)16-22(24)5/h10-11,15-18,25H,6-9,12-14H2,1-5H3. The molecule has 0 saturated carbocycles. The number of unbranched alkanes of at least 4 members (excludes halogenated alkanes) is 3. The maximum absolute atomic E-state index is 12.3. The summed E-state index contributed by atoms with van der Waals surface area (Å²) in [5.74, 6) is 0.141. The van der Waals surface area contributed by atoms with Crippen molar-refractivity contribution in [2.75, 3.05) is 6.61 Å². The Morgan fingerprint density at radius 1 is 0.893 bits per heavy atom. The van der Waals surface area contributed by atoms with Gasteiger partial charge in [0, 0.05) is 12.3 Å². The highest BCUT2D eigenvalue weighted by Crippen LogP contribution is 2.33. The van der Waals surface area contributed by atoms with Gasteiger partial charge in [0.15, 0.2) is 0 Å². The lowest BCUT2D eigenvalue weighted by molar-refractivity contribution is -0.143. The zero-order valence-electron chi connectivity index (χ0n) is 18.3. The Balaban J connectivity index is 2.12. The average Bonchev–Trinajstić information content (AvgIpc) is 2.62. The van der Waals surface area contributed by atoms with E-state index in [1.54, 1.807) is 0 Å². The van der Waals surface area contributed by atoms with Gasteiger partial charge >= 0.3 is 5.97 Å². The highest BCUT2D eigenvalue weighted by molar-refractivity contribution is 5.69. The first-order valence-corrected chi connectivity index (χ1v) is 10.7. The van der Waals surface area contributed by atoms with Crippen LogP contribution in [-0.2, 0) is 9.53 Å². The molecule has 152 valence electrons. The number of rotatable bonds is 10. The van der Waals surface area contributed by atoms with Crippen molar-refractivity contribution in [1.29, 1.82) is 0 Å². The molecule has 2 aromatic carbocycles. The van der Waals surface area contributed by atoms with Gasteiger partial charge < -0.3 is 4.74 Å². The third-order valence-electron chi connectivity index (χ3n) is 5.35. The molecule has 1 atom stereocenters. The molecule has 0 radical (unpaired) electrons. The van der Waals surface area contributed by atoms with Gasteiger partial charge in [-0.15, -0.1) is 0 Å². The van der Waals surface area contributed by atoms with Gasteiger partial charge in [-0.1, -0.05) is 79.3 Å². The Morgan fingerprint density at radius 2 is 1.61 bits per heavy atom. The number of carbonyl (C=O) groups excluding carboxylic acids is 1. The largest absolute Gasteiger partial charge is 0.466 e. The fraction of sp³-hybridized carbons (Fsp3) is 0.500. The second-order valence-electron chi connectivity index (χ2n) is 8.15. The summed E-state index contributed by atoms with van der Waals surface area (Å²) in [4.78, 5) is 12.3. The van der Waals surface area contributed by atoms with Crippen LogP contribution in [0.5, 0.6) is 0 Å². The predicted octanol–water partition coefficient (Wildman–Crippen LogP) is 6.96. The minimum Gasteiger partial charge on any atom is -0.466 e. The van der Waals surface area contributed by atoms with Crippen LogP contribution in [0.15, 0.2) is 36.4 Å². The van der Waals surface area contributed by atoms with Crippen LogP contribution in [-0.4, -0.2) is 12.6 Å². The molecule has 0 saturated heterocycles. The fourth-order valence-corrected chi connectivity index (χ4v) is 3.98. The van der Waals surface area contributed by atoms with Crippen molar-refractivity contribution in [3.8, 4) is 0 Å². The van der Waals surface area contributed by atoms with Crippen molar-refractivity contribution in [2.45, 2.75) is 79.1 Å². The molecule has 2 nitrogen and oxygen atoms in total. The van der Waals surface area contributed by atoms with Crippen LogP contribution in [0.1, 0.15) is 84.7 Å². The van der Waals surface area contributed by atoms with E-state index in [9.17, 15) is 4.79 Å². The number of carbonyl (C=O) groups is 1. The SMILES string of the molecule is CCCCCCOC(=O)CCC(c1cc(C)cc(C)c1)c1ccc(C)cc1C. The Bertz CT molecular complexity index is 756. The lowest BCUT2D eigenvalue weighted by atomic mass is 9.83. The Hall–Kier alpha value is -2.09. The Kier molecular flexibility index (Phi) is 8.76. The van der Waals surface area contributed by atoms with Gasteiger partial charge in [0.2, 0.25) is 0 Å². The van der Waals surface area contributed by atoms with Gasteiger partial charge in [-0.05, 0) is 57.2 Å². The normalized spacial score (nSPS) is 12.0. The minimum atomic E-state index is -0.0735. The summed E-state index contributed by atoms with van der Waals surface area (Å²) >= 11 is 0. The van der Waals surface area contributed by atoms with E-state index in [4.69, 9.17) is 4.74 Å². The van der Waals surface area contributed by atoms with Crippen molar-refractivity contribution in [1.82, 2.24) is 0 Å². The lowest BCUT2D eigenvalue weighted by Gasteiger charge is -2.21. The van der Waals surface area contributed by atoms with E-state index in [1.807, 2.05) is 0 Å². The molecule has 0 N–H and O–H groups in total. The summed E-state index contributed by atoms with van der Waals surface area (Å²) < 4.78 is 5.47. The van der Waals surface area contributed by atoms with Gasteiger partial charge in [0.05, 0.1) is 6.61 Å². The molecule has 1 unspecified atom stereocenters. The smallest absolute Gasteiger partial charge is 0.305 e. The molecule has 0 spiro atoms. The molecule has 0 heterocycles. The van der Waals surface area contributed by atoms with Gasteiger partial charge in [-0.3, -0.25) is 4.79 Å². The molecule has 0 aliphatic heterocycles. The van der Waals surface area contributed by atoms with E-state index in [-0.39, 0.29) is 11.9 Å². The van der Waals surface area contributed by atoms with Crippen LogP contribution in [0.3, 0.4) is 0 Å². The van der Waals surface area contributed by atoms with Crippen LogP contribution in [0.25, 0.3) is 0 Å². The molecule has 0 amide bonds. The zero-order chi connectivity index (χ0) is 20.5. The summed E-state index contributed by atoms with van der Waals surface area (Å²) in [6.07, 6.45) is 5.74. The second-order valence-corrected chi connectivity index (χ2v) is 8.15. The van der Waals surface area contributed by atoms with E-state index in [0.717, 1.165) is 19.3 Å². The van der Waals surface area contributed by atoms with Gasteiger partial charge in [-0.25, -0.2) is 0 Å². The monoisotopic (exact) mass is 380 g/mol. The molecule has 0 bridgehead atoms. The Morgan fingerprint density at radius 3 is 2.25 bits per heavy atom. The summed E-state index contributed by atoms with van der Waals surface area (Å²) in [7, 11) is 0. The maximum Gasteiger partial charge on any atom is 0.305 e. The van der Waals surface area contributed by atoms with E-state index >= 15 is 0 Å². The van der Waals surface area contributed by atoms with Crippen molar-refractivity contribution >= 4 is 5.97 Å². The van der Waals surface area contributed by atoms with Crippen molar-refractivity contribution < 1.29 is 9.53 Å². The Labute approximate surface area is 171 Å². The molecule has 0 aliphatic carbocycles. The summed E-state index contributed by atoms with van der Waals surface area (Å²) in [6.45, 7) is 11.3. The van der Waals surface area contributed by atoms with E-state index in [0.29, 0.717) is 13.0 Å². The molecule has 2 heteroatoms. The molecule has 2 rings (SSSR count). The number of esters is 1. The lowest BCUT2D eigenvalue weighted by Crippen LogP contribution is -2.11.